The first-order valence-electron chi connectivity index (χ1n) is 7.08. The topological polar surface area (TPSA) is 69.6 Å². The average Bonchev–Trinajstić information content (AvgIpc) is 2.84. The summed E-state index contributed by atoms with van der Waals surface area (Å²) in [5, 5.41) is 12.1. The number of carbonyl (C=O) groups excluding carboxylic acids is 2. The normalized spacial score (nSPS) is 16.2. The Bertz CT molecular complexity index is 742. The number of amides is 2. The summed E-state index contributed by atoms with van der Waals surface area (Å²) in [4.78, 5) is 26.2. The van der Waals surface area contributed by atoms with E-state index in [9.17, 15) is 14.7 Å². The van der Waals surface area contributed by atoms with Gasteiger partial charge in [-0.1, -0.05) is 30.3 Å². The Labute approximate surface area is 128 Å². The van der Waals surface area contributed by atoms with Gasteiger partial charge in [0.05, 0.1) is 5.69 Å². The van der Waals surface area contributed by atoms with Crippen molar-refractivity contribution in [2.24, 2.45) is 0 Å². The highest BCUT2D eigenvalue weighted by atomic mass is 16.3. The van der Waals surface area contributed by atoms with E-state index < -0.39 is 11.8 Å². The van der Waals surface area contributed by atoms with Crippen LogP contribution in [0.4, 0.5) is 11.4 Å². The van der Waals surface area contributed by atoms with E-state index in [0.717, 1.165) is 17.7 Å². The number of benzene rings is 2. The lowest BCUT2D eigenvalue weighted by Crippen LogP contribution is -2.43. The van der Waals surface area contributed by atoms with Crippen molar-refractivity contribution in [1.82, 2.24) is 0 Å². The number of hydrogen-bond donors (Lipinski definition) is 2. The predicted octanol–water partition coefficient (Wildman–Crippen LogP) is 2.31. The first-order chi connectivity index (χ1) is 10.6. The number of anilines is 2. The molecule has 112 valence electrons. The summed E-state index contributed by atoms with van der Waals surface area (Å²) < 4.78 is 0. The van der Waals surface area contributed by atoms with Crippen LogP contribution in [0.3, 0.4) is 0 Å². The molecule has 0 saturated carbocycles. The van der Waals surface area contributed by atoms with Gasteiger partial charge < -0.3 is 15.3 Å². The lowest BCUT2D eigenvalue weighted by Gasteiger charge is -2.22. The molecule has 0 saturated heterocycles. The zero-order valence-corrected chi connectivity index (χ0v) is 12.1. The molecule has 5 nitrogen and oxygen atoms in total. The van der Waals surface area contributed by atoms with Gasteiger partial charge in [0, 0.05) is 11.7 Å². The highest BCUT2D eigenvalue weighted by Crippen LogP contribution is 2.32. The maximum absolute atomic E-state index is 12.5. The molecule has 0 bridgehead atoms. The van der Waals surface area contributed by atoms with Crippen LogP contribution in [0.5, 0.6) is 5.75 Å². The van der Waals surface area contributed by atoms with Crippen molar-refractivity contribution in [3.05, 3.63) is 54.1 Å². The minimum Gasteiger partial charge on any atom is -0.506 e. The van der Waals surface area contributed by atoms with Crippen molar-refractivity contribution in [3.8, 4) is 5.75 Å². The molecule has 22 heavy (non-hydrogen) atoms. The summed E-state index contributed by atoms with van der Waals surface area (Å²) in [5.74, 6) is -1.45. The summed E-state index contributed by atoms with van der Waals surface area (Å²) in [6, 6.07) is 13.8. The fourth-order valence-electron chi connectivity index (χ4n) is 2.74. The summed E-state index contributed by atoms with van der Waals surface area (Å²) in [7, 11) is 0. The molecule has 0 fully saturated rings. The molecule has 0 aromatic heterocycles. The Morgan fingerprint density at radius 3 is 2.59 bits per heavy atom. The monoisotopic (exact) mass is 296 g/mol. The summed E-state index contributed by atoms with van der Waals surface area (Å²) >= 11 is 0. The Morgan fingerprint density at radius 1 is 1.14 bits per heavy atom. The summed E-state index contributed by atoms with van der Waals surface area (Å²) in [6.07, 6.45) is 0.728. The third kappa shape index (κ3) is 2.41. The number of fused-ring (bicyclic) bond motifs is 1. The van der Waals surface area contributed by atoms with E-state index in [0.29, 0.717) is 0 Å². The molecule has 1 aliphatic rings. The number of para-hydroxylation sites is 3. The first-order valence-corrected chi connectivity index (χ1v) is 7.08. The SMILES string of the molecule is CC1Cc2ccccc2N1C(=O)C(=O)Nc1ccccc1O. The third-order valence-electron chi connectivity index (χ3n) is 3.77. The van der Waals surface area contributed by atoms with E-state index in [2.05, 4.69) is 5.32 Å². The Kier molecular flexibility index (Phi) is 3.55. The van der Waals surface area contributed by atoms with Gasteiger partial charge in [-0.3, -0.25) is 9.59 Å². The van der Waals surface area contributed by atoms with Crippen molar-refractivity contribution in [2.45, 2.75) is 19.4 Å². The van der Waals surface area contributed by atoms with Gasteiger partial charge in [-0.25, -0.2) is 0 Å². The minimum absolute atomic E-state index is 0.0694. The van der Waals surface area contributed by atoms with Crippen LogP contribution < -0.4 is 10.2 Å². The van der Waals surface area contributed by atoms with Gasteiger partial charge in [0.15, 0.2) is 0 Å². The molecule has 2 aromatic rings. The molecule has 0 aliphatic carbocycles. The van der Waals surface area contributed by atoms with Crippen LogP contribution in [-0.2, 0) is 16.0 Å². The van der Waals surface area contributed by atoms with Gasteiger partial charge in [0.2, 0.25) is 0 Å². The number of phenolic OH excluding ortho intramolecular Hbond substituents is 1. The molecular formula is C17H16N2O3. The minimum atomic E-state index is -0.759. The summed E-state index contributed by atoms with van der Waals surface area (Å²) in [5.41, 5.74) is 2.05. The number of hydrogen-bond acceptors (Lipinski definition) is 3. The van der Waals surface area contributed by atoms with Crippen LogP contribution >= 0.6 is 0 Å². The van der Waals surface area contributed by atoms with Crippen LogP contribution in [0.2, 0.25) is 0 Å². The fourth-order valence-corrected chi connectivity index (χ4v) is 2.74. The molecule has 5 heteroatoms. The molecule has 2 aromatic carbocycles. The van der Waals surface area contributed by atoms with Crippen LogP contribution in [0.25, 0.3) is 0 Å². The third-order valence-corrected chi connectivity index (χ3v) is 3.77. The van der Waals surface area contributed by atoms with E-state index in [1.54, 1.807) is 18.2 Å². The largest absolute Gasteiger partial charge is 0.506 e. The molecule has 1 heterocycles. The van der Waals surface area contributed by atoms with Crippen molar-refractivity contribution < 1.29 is 14.7 Å². The van der Waals surface area contributed by atoms with E-state index >= 15 is 0 Å². The van der Waals surface area contributed by atoms with Gasteiger partial charge in [0.25, 0.3) is 0 Å². The molecule has 1 aliphatic heterocycles. The predicted molar refractivity (Wildman–Crippen MR) is 83.8 cm³/mol. The second-order valence-electron chi connectivity index (χ2n) is 5.33. The smallest absolute Gasteiger partial charge is 0.316 e. The quantitative estimate of drug-likeness (QED) is 0.626. The second-order valence-corrected chi connectivity index (χ2v) is 5.33. The molecule has 3 rings (SSSR count). The van der Waals surface area contributed by atoms with Crippen LogP contribution in [-0.4, -0.2) is 23.0 Å². The highest BCUT2D eigenvalue weighted by Gasteiger charge is 2.34. The highest BCUT2D eigenvalue weighted by molar-refractivity contribution is 6.44. The molecular weight excluding hydrogens is 280 g/mol. The fraction of sp³-hybridized carbons (Fsp3) is 0.176. The number of carbonyl (C=O) groups is 2. The van der Waals surface area contributed by atoms with Gasteiger partial charge >= 0.3 is 11.8 Å². The van der Waals surface area contributed by atoms with Crippen LogP contribution in [0.15, 0.2) is 48.5 Å². The van der Waals surface area contributed by atoms with E-state index in [1.807, 2.05) is 31.2 Å². The van der Waals surface area contributed by atoms with Gasteiger partial charge in [-0.05, 0) is 37.1 Å². The summed E-state index contributed by atoms with van der Waals surface area (Å²) in [6.45, 7) is 1.91. The zero-order chi connectivity index (χ0) is 15.7. The lowest BCUT2D eigenvalue weighted by atomic mass is 10.1. The van der Waals surface area contributed by atoms with E-state index in [1.165, 1.54) is 11.0 Å². The maximum Gasteiger partial charge on any atom is 0.316 e. The van der Waals surface area contributed by atoms with E-state index in [4.69, 9.17) is 0 Å². The molecule has 2 N–H and O–H groups in total. The molecule has 0 spiro atoms. The molecule has 1 unspecified atom stereocenters. The van der Waals surface area contributed by atoms with Crippen molar-refractivity contribution in [2.75, 3.05) is 10.2 Å². The van der Waals surface area contributed by atoms with Gasteiger partial charge in [-0.2, -0.15) is 0 Å². The van der Waals surface area contributed by atoms with Gasteiger partial charge in [-0.15, -0.1) is 0 Å². The average molecular weight is 296 g/mol. The second kappa shape index (κ2) is 5.52. The number of nitrogens with zero attached hydrogens (tertiary/aromatic N) is 1. The van der Waals surface area contributed by atoms with Crippen molar-refractivity contribution >= 4 is 23.2 Å². The number of phenols is 1. The van der Waals surface area contributed by atoms with Crippen molar-refractivity contribution in [1.29, 1.82) is 0 Å². The van der Waals surface area contributed by atoms with Crippen LogP contribution in [0, 0.1) is 0 Å². The van der Waals surface area contributed by atoms with Gasteiger partial charge in [0.1, 0.15) is 5.75 Å². The molecule has 0 radical (unpaired) electrons. The Balaban J connectivity index is 1.82. The number of aromatic hydroxyl groups is 1. The standard InChI is InChI=1S/C17H16N2O3/c1-11-10-12-6-2-4-8-14(12)19(11)17(22)16(21)18-13-7-3-5-9-15(13)20/h2-9,11,20H,10H2,1H3,(H,18,21). The van der Waals surface area contributed by atoms with E-state index in [-0.39, 0.29) is 17.5 Å². The molecule has 1 atom stereocenters. The zero-order valence-electron chi connectivity index (χ0n) is 12.1. The number of rotatable bonds is 1. The maximum atomic E-state index is 12.5. The number of nitrogens with one attached hydrogen (secondary N) is 1. The lowest BCUT2D eigenvalue weighted by molar-refractivity contribution is -0.134. The van der Waals surface area contributed by atoms with Crippen molar-refractivity contribution in [3.63, 3.8) is 0 Å². The Morgan fingerprint density at radius 2 is 1.82 bits per heavy atom. The Hall–Kier alpha value is -2.82. The van der Waals surface area contributed by atoms with Crippen LogP contribution in [0.1, 0.15) is 12.5 Å². The molecule has 2 amide bonds. The first kappa shape index (κ1) is 14.1.